The monoisotopic (exact) mass is 300 g/mol. The van der Waals surface area contributed by atoms with E-state index in [4.69, 9.17) is 5.11 Å². The molecule has 0 radical (unpaired) electrons. The highest BCUT2D eigenvalue weighted by atomic mass is 32.2. The van der Waals surface area contributed by atoms with E-state index in [1.165, 1.54) is 0 Å². The lowest BCUT2D eigenvalue weighted by molar-refractivity contribution is -0.133. The van der Waals surface area contributed by atoms with Gasteiger partial charge >= 0.3 is 5.97 Å². The lowest BCUT2D eigenvalue weighted by Crippen LogP contribution is -2.01. The molecule has 106 valence electrons. The number of carboxylic acid groups (broad SMARTS) is 1. The van der Waals surface area contributed by atoms with Crippen molar-refractivity contribution in [2.45, 2.75) is 5.16 Å². The van der Waals surface area contributed by atoms with Crippen molar-refractivity contribution in [3.63, 3.8) is 0 Å². The summed E-state index contributed by atoms with van der Waals surface area (Å²) >= 11 is 1.14. The molecule has 21 heavy (non-hydrogen) atoms. The third-order valence-electron chi connectivity index (χ3n) is 3.02. The first kappa shape index (κ1) is 13.6. The molecule has 1 N–H and O–H groups in total. The van der Waals surface area contributed by atoms with Gasteiger partial charge in [-0.05, 0) is 11.5 Å². The highest BCUT2D eigenvalue weighted by molar-refractivity contribution is 7.99. The molecule has 0 saturated heterocycles. The summed E-state index contributed by atoms with van der Waals surface area (Å²) in [5, 5.41) is 19.5. The fraction of sp³-hybridized carbons (Fsp3) is 0.143. The smallest absolute Gasteiger partial charge is 0.313 e. The Morgan fingerprint density at radius 2 is 2.05 bits per heavy atom. The third-order valence-corrected chi connectivity index (χ3v) is 4.02. The van der Waals surface area contributed by atoms with E-state index in [2.05, 4.69) is 15.2 Å². The van der Waals surface area contributed by atoms with Crippen LogP contribution in [0.15, 0.2) is 41.7 Å². The summed E-state index contributed by atoms with van der Waals surface area (Å²) in [6.45, 7) is 0. The lowest BCUT2D eigenvalue weighted by atomic mass is 10.1. The van der Waals surface area contributed by atoms with Crippen LogP contribution in [0.1, 0.15) is 0 Å². The van der Waals surface area contributed by atoms with E-state index >= 15 is 0 Å². The van der Waals surface area contributed by atoms with Crippen LogP contribution in [0.3, 0.4) is 0 Å². The predicted octanol–water partition coefficient (Wildman–Crippen LogP) is 2.21. The molecule has 0 spiro atoms. The van der Waals surface area contributed by atoms with Crippen molar-refractivity contribution in [2.24, 2.45) is 7.05 Å². The molecular weight excluding hydrogens is 288 g/mol. The van der Waals surface area contributed by atoms with Gasteiger partial charge < -0.3 is 9.67 Å². The largest absolute Gasteiger partial charge is 0.481 e. The summed E-state index contributed by atoms with van der Waals surface area (Å²) in [5.74, 6) is -0.307. The first-order chi connectivity index (χ1) is 10.1. The third kappa shape index (κ3) is 2.73. The second kappa shape index (κ2) is 5.53. The number of pyridine rings is 1. The fourth-order valence-corrected chi connectivity index (χ4v) is 2.63. The minimum atomic E-state index is -0.881. The van der Waals surface area contributed by atoms with Crippen LogP contribution in [0, 0.1) is 0 Å². The van der Waals surface area contributed by atoms with Crippen LogP contribution in [0.25, 0.3) is 22.3 Å². The number of fused-ring (bicyclic) bond motifs is 1. The number of carbonyl (C=O) groups is 1. The van der Waals surface area contributed by atoms with Crippen molar-refractivity contribution in [1.29, 1.82) is 0 Å². The van der Waals surface area contributed by atoms with Gasteiger partial charge in [0, 0.05) is 18.6 Å². The van der Waals surface area contributed by atoms with Crippen LogP contribution < -0.4 is 0 Å². The van der Waals surface area contributed by atoms with Crippen molar-refractivity contribution >= 4 is 28.5 Å². The van der Waals surface area contributed by atoms with E-state index in [1.807, 2.05) is 30.3 Å². The van der Waals surface area contributed by atoms with E-state index in [1.54, 1.807) is 17.8 Å². The van der Waals surface area contributed by atoms with E-state index in [0.717, 1.165) is 22.5 Å². The van der Waals surface area contributed by atoms with Crippen molar-refractivity contribution < 1.29 is 9.90 Å². The number of carboxylic acids is 1. The quantitative estimate of drug-likeness (QED) is 0.744. The number of hydrogen-bond donors (Lipinski definition) is 1. The Morgan fingerprint density at radius 3 is 2.81 bits per heavy atom. The summed E-state index contributed by atoms with van der Waals surface area (Å²) in [6, 6.07) is 9.89. The van der Waals surface area contributed by atoms with Gasteiger partial charge in [0.1, 0.15) is 5.69 Å². The highest BCUT2D eigenvalue weighted by Gasteiger charge is 2.13. The maximum absolute atomic E-state index is 10.6. The Bertz CT molecular complexity index is 816. The molecule has 2 heterocycles. The molecule has 0 aliphatic rings. The van der Waals surface area contributed by atoms with Gasteiger partial charge in [-0.1, -0.05) is 36.0 Å². The number of thioether (sulfide) groups is 1. The molecule has 0 atom stereocenters. The van der Waals surface area contributed by atoms with Gasteiger partial charge in [0.15, 0.2) is 11.0 Å². The second-order valence-corrected chi connectivity index (χ2v) is 5.41. The molecule has 0 aliphatic heterocycles. The summed E-state index contributed by atoms with van der Waals surface area (Å²) in [4.78, 5) is 15.0. The number of benzene rings is 1. The Labute approximate surface area is 124 Å². The van der Waals surface area contributed by atoms with E-state index in [0.29, 0.717) is 16.7 Å². The first-order valence-electron chi connectivity index (χ1n) is 6.24. The first-order valence-corrected chi connectivity index (χ1v) is 7.23. The minimum absolute atomic E-state index is 0.0445. The zero-order valence-electron chi connectivity index (χ0n) is 11.2. The molecule has 3 rings (SSSR count). The van der Waals surface area contributed by atoms with Gasteiger partial charge in [-0.15, -0.1) is 10.2 Å². The second-order valence-electron chi connectivity index (χ2n) is 4.46. The van der Waals surface area contributed by atoms with E-state index in [9.17, 15) is 4.79 Å². The molecule has 7 heteroatoms. The summed E-state index contributed by atoms with van der Waals surface area (Å²) in [6.07, 6.45) is 1.80. The zero-order valence-corrected chi connectivity index (χ0v) is 12.0. The van der Waals surface area contributed by atoms with Crippen LogP contribution in [-0.4, -0.2) is 36.6 Å². The van der Waals surface area contributed by atoms with Crippen LogP contribution in [0.2, 0.25) is 0 Å². The molecule has 0 saturated carbocycles. The van der Waals surface area contributed by atoms with Gasteiger partial charge in [0.05, 0.1) is 5.75 Å². The molecule has 0 unspecified atom stereocenters. The van der Waals surface area contributed by atoms with Crippen LogP contribution in [-0.2, 0) is 11.8 Å². The van der Waals surface area contributed by atoms with Crippen LogP contribution >= 0.6 is 11.8 Å². The molecule has 0 fully saturated rings. The van der Waals surface area contributed by atoms with Gasteiger partial charge in [0.25, 0.3) is 0 Å². The van der Waals surface area contributed by atoms with Crippen molar-refractivity contribution in [3.05, 3.63) is 36.5 Å². The zero-order chi connectivity index (χ0) is 14.8. The topological polar surface area (TPSA) is 80.9 Å². The van der Waals surface area contributed by atoms with Crippen molar-refractivity contribution in [2.75, 3.05) is 5.75 Å². The predicted molar refractivity (Wildman–Crippen MR) is 80.1 cm³/mol. The van der Waals surface area contributed by atoms with E-state index in [-0.39, 0.29) is 5.75 Å². The molecule has 0 bridgehead atoms. The Morgan fingerprint density at radius 1 is 1.29 bits per heavy atom. The molecular formula is C14H12N4O2S. The average molecular weight is 300 g/mol. The number of aliphatic carboxylic acids is 1. The summed E-state index contributed by atoms with van der Waals surface area (Å²) in [5.41, 5.74) is 0.714. The fourth-order valence-electron chi connectivity index (χ4n) is 2.00. The Hall–Kier alpha value is -2.41. The maximum atomic E-state index is 10.6. The SMILES string of the molecule is Cn1c(SCC(=O)O)nnc1-c1cc2ccccc2cn1. The van der Waals surface area contributed by atoms with Crippen LogP contribution in [0.5, 0.6) is 0 Å². The molecule has 0 amide bonds. The number of nitrogens with zero attached hydrogens (tertiary/aromatic N) is 4. The number of rotatable bonds is 4. The number of hydrogen-bond acceptors (Lipinski definition) is 5. The Kier molecular flexibility index (Phi) is 3.57. The normalized spacial score (nSPS) is 10.9. The average Bonchev–Trinajstić information content (AvgIpc) is 2.85. The van der Waals surface area contributed by atoms with E-state index < -0.39 is 5.97 Å². The summed E-state index contributed by atoms with van der Waals surface area (Å²) < 4.78 is 1.75. The van der Waals surface area contributed by atoms with Gasteiger partial charge in [-0.2, -0.15) is 0 Å². The minimum Gasteiger partial charge on any atom is -0.481 e. The highest BCUT2D eigenvalue weighted by Crippen LogP contribution is 2.23. The maximum Gasteiger partial charge on any atom is 0.313 e. The number of aromatic nitrogens is 4. The van der Waals surface area contributed by atoms with Crippen molar-refractivity contribution in [1.82, 2.24) is 19.7 Å². The van der Waals surface area contributed by atoms with Crippen LogP contribution in [0.4, 0.5) is 0 Å². The van der Waals surface area contributed by atoms with Gasteiger partial charge in [0.2, 0.25) is 0 Å². The standard InChI is InChI=1S/C14H12N4O2S/c1-18-13(16-17-14(18)21-8-12(19)20)11-6-9-4-2-3-5-10(9)7-15-11/h2-7H,8H2,1H3,(H,19,20). The molecule has 6 nitrogen and oxygen atoms in total. The lowest BCUT2D eigenvalue weighted by Gasteiger charge is -2.03. The summed E-state index contributed by atoms with van der Waals surface area (Å²) in [7, 11) is 1.80. The van der Waals surface area contributed by atoms with Gasteiger partial charge in [-0.25, -0.2) is 0 Å². The van der Waals surface area contributed by atoms with Crippen molar-refractivity contribution in [3.8, 4) is 11.5 Å². The molecule has 1 aromatic carbocycles. The molecule has 2 aromatic heterocycles. The molecule has 0 aliphatic carbocycles. The Balaban J connectivity index is 1.97. The van der Waals surface area contributed by atoms with Gasteiger partial charge in [-0.3, -0.25) is 9.78 Å². The molecule has 3 aromatic rings.